The van der Waals surface area contributed by atoms with Crippen molar-refractivity contribution >= 4 is 28.0 Å². The molecule has 3 amide bonds. The fourth-order valence-electron chi connectivity index (χ4n) is 5.30. The summed E-state index contributed by atoms with van der Waals surface area (Å²) in [5, 5.41) is 17.9. The van der Waals surface area contributed by atoms with Crippen LogP contribution in [0.4, 0.5) is 4.79 Å². The second kappa shape index (κ2) is 15.5. The quantitative estimate of drug-likeness (QED) is 0.176. The summed E-state index contributed by atoms with van der Waals surface area (Å²) in [4.78, 5) is 38.3. The monoisotopic (exact) mass is 589 g/mol. The van der Waals surface area contributed by atoms with Gasteiger partial charge in [-0.25, -0.2) is 13.2 Å². The Morgan fingerprint density at radius 1 is 1.10 bits per heavy atom. The normalized spacial score (nSPS) is 20.4. The number of rotatable bonds is 12. The summed E-state index contributed by atoms with van der Waals surface area (Å²) in [6.07, 6.45) is 4.49. The molecule has 11 nitrogen and oxygen atoms in total. The molecule has 1 heterocycles. The summed E-state index contributed by atoms with van der Waals surface area (Å²) in [5.74, 6) is -1.60. The van der Waals surface area contributed by atoms with Gasteiger partial charge in [-0.15, -0.1) is 0 Å². The van der Waals surface area contributed by atoms with Crippen molar-refractivity contribution in [2.24, 2.45) is 11.8 Å². The Balaban J connectivity index is 0.00000560. The fourth-order valence-corrected chi connectivity index (χ4v) is 5.88. The van der Waals surface area contributed by atoms with E-state index in [9.17, 15) is 32.5 Å². The zero-order valence-electron chi connectivity index (χ0n) is 23.6. The average molecular weight is 590 g/mol. The Morgan fingerprint density at radius 3 is 2.33 bits per heavy atom. The van der Waals surface area contributed by atoms with Crippen molar-refractivity contribution in [3.63, 3.8) is 0 Å². The Morgan fingerprint density at radius 2 is 1.75 bits per heavy atom. The van der Waals surface area contributed by atoms with Gasteiger partial charge in [0.1, 0.15) is 22.8 Å². The first-order valence-electron chi connectivity index (χ1n) is 13.6. The van der Waals surface area contributed by atoms with Gasteiger partial charge in [0.05, 0.1) is 6.04 Å². The molecule has 2 fully saturated rings. The van der Waals surface area contributed by atoms with Crippen molar-refractivity contribution in [3.05, 3.63) is 35.9 Å². The molecule has 2 aliphatic rings. The van der Waals surface area contributed by atoms with E-state index in [1.807, 2.05) is 44.2 Å². The summed E-state index contributed by atoms with van der Waals surface area (Å²) in [7, 11) is -5.19. The molecule has 218 valence electrons. The Kier molecular flexibility index (Phi) is 13.4. The minimum atomic E-state index is -5.19. The molecule has 0 spiro atoms. The van der Waals surface area contributed by atoms with Crippen molar-refractivity contribution < 1.29 is 66.8 Å². The van der Waals surface area contributed by atoms with E-state index in [0.29, 0.717) is 19.4 Å². The molecule has 13 heteroatoms. The third-order valence-electron chi connectivity index (χ3n) is 7.69. The van der Waals surface area contributed by atoms with Crippen molar-refractivity contribution in [2.45, 2.75) is 88.1 Å². The van der Waals surface area contributed by atoms with Crippen LogP contribution in [0.3, 0.4) is 0 Å². The molecule has 0 bridgehead atoms. The minimum Gasteiger partial charge on any atom is -0.746 e. The van der Waals surface area contributed by atoms with Crippen molar-refractivity contribution in [3.8, 4) is 0 Å². The van der Waals surface area contributed by atoms with Crippen LogP contribution in [0.1, 0.15) is 70.8 Å². The number of ether oxygens (including phenoxy) is 1. The van der Waals surface area contributed by atoms with Crippen LogP contribution in [-0.4, -0.2) is 66.7 Å². The van der Waals surface area contributed by atoms with Gasteiger partial charge in [0.25, 0.3) is 0 Å². The number of benzene rings is 1. The molecular weight excluding hydrogens is 549 g/mol. The molecule has 3 rings (SSSR count). The summed E-state index contributed by atoms with van der Waals surface area (Å²) < 4.78 is 40.4. The van der Waals surface area contributed by atoms with E-state index >= 15 is 0 Å². The Hall–Kier alpha value is -1.70. The predicted molar refractivity (Wildman–Crippen MR) is 142 cm³/mol. The van der Waals surface area contributed by atoms with E-state index in [0.717, 1.165) is 37.7 Å². The molecule has 4 atom stereocenters. The van der Waals surface area contributed by atoms with Crippen LogP contribution >= 0.6 is 0 Å². The molecule has 1 aromatic rings. The number of carbonyl (C=O) groups is 3. The molecule has 1 aliphatic carbocycles. The maximum absolute atomic E-state index is 13.4. The van der Waals surface area contributed by atoms with Crippen LogP contribution in [0.5, 0.6) is 0 Å². The maximum atomic E-state index is 13.4. The van der Waals surface area contributed by atoms with Gasteiger partial charge in [-0.2, -0.15) is 0 Å². The third-order valence-corrected chi connectivity index (χ3v) is 8.61. The summed E-state index contributed by atoms with van der Waals surface area (Å²) in [6.45, 7) is 4.28. The van der Waals surface area contributed by atoms with E-state index in [2.05, 4.69) is 16.0 Å². The first-order chi connectivity index (χ1) is 18.4. The van der Waals surface area contributed by atoms with E-state index in [-0.39, 0.29) is 54.4 Å². The Labute approximate surface area is 258 Å². The van der Waals surface area contributed by atoms with Gasteiger partial charge in [0, 0.05) is 17.9 Å². The zero-order valence-corrected chi connectivity index (χ0v) is 26.4. The molecule has 40 heavy (non-hydrogen) atoms. The Bertz CT molecular complexity index is 1100. The molecule has 1 aliphatic heterocycles. The molecule has 4 N–H and O–H groups in total. The van der Waals surface area contributed by atoms with Crippen molar-refractivity contribution in [1.29, 1.82) is 0 Å². The second-order valence-corrected chi connectivity index (χ2v) is 12.7. The number of hydrogen-bond donors (Lipinski definition) is 4. The number of nitrogens with one attached hydrogen (secondary N) is 3. The van der Waals surface area contributed by atoms with Gasteiger partial charge < -0.3 is 30.3 Å². The fraction of sp³-hybridized carbons (Fsp3) is 0.667. The van der Waals surface area contributed by atoms with Crippen LogP contribution < -0.4 is 45.5 Å². The zero-order chi connectivity index (χ0) is 28.6. The molecular formula is C27H40N3NaO8S. The minimum absolute atomic E-state index is 0. The molecule has 0 aromatic heterocycles. The first-order valence-corrected chi connectivity index (χ1v) is 15.0. The summed E-state index contributed by atoms with van der Waals surface area (Å²) >= 11 is 0. The number of hydrogen-bond acceptors (Lipinski definition) is 8. The van der Waals surface area contributed by atoms with Crippen LogP contribution in [-0.2, 0) is 29.9 Å². The van der Waals surface area contributed by atoms with Gasteiger partial charge in [0.15, 0.2) is 5.44 Å². The van der Waals surface area contributed by atoms with Gasteiger partial charge in [0.2, 0.25) is 11.8 Å². The average Bonchev–Trinajstić information content (AvgIpc) is 3.31. The van der Waals surface area contributed by atoms with Crippen LogP contribution in [0.25, 0.3) is 0 Å². The maximum Gasteiger partial charge on any atom is 1.00 e. The molecule has 1 unspecified atom stereocenters. The molecule has 1 saturated heterocycles. The number of aliphatic hydroxyl groups is 1. The van der Waals surface area contributed by atoms with E-state index in [1.54, 1.807) is 0 Å². The topological polar surface area (TPSA) is 174 Å². The number of carbonyl (C=O) groups excluding carboxylic acids is 3. The van der Waals surface area contributed by atoms with Crippen molar-refractivity contribution in [1.82, 2.24) is 16.0 Å². The van der Waals surface area contributed by atoms with Gasteiger partial charge in [-0.05, 0) is 30.7 Å². The summed E-state index contributed by atoms with van der Waals surface area (Å²) in [6, 6.07) is 6.94. The van der Waals surface area contributed by atoms with Crippen LogP contribution in [0, 0.1) is 11.8 Å². The number of aliphatic hydroxyl groups excluding tert-OH is 1. The van der Waals surface area contributed by atoms with E-state index in [1.165, 1.54) is 0 Å². The molecule has 1 aromatic carbocycles. The van der Waals surface area contributed by atoms with Crippen LogP contribution in [0.15, 0.2) is 30.3 Å². The largest absolute Gasteiger partial charge is 1.00 e. The van der Waals surface area contributed by atoms with Gasteiger partial charge in [-0.3, -0.25) is 9.59 Å². The smallest absolute Gasteiger partial charge is 0.746 e. The standard InChI is InChI=1S/C27H41N3O8S.Na/c1-27(2,20-11-7-4-8-12-20)17-38-26(34)30-21(15-18-9-5-3-6-10-18)24(32)29-22(25(33)39(35,36)37)16-19-13-14-28-23(19)31;/h4,7-8,11-12,18-19,21-22,25,33H,3,5-6,9-10,13-17H2,1-2H3,(H,28,31)(H,29,32)(H,30,34)(H,35,36,37);/q;+1/p-1/t19-,21-,22-,25?;/m0./s1. The number of alkyl carbamates (subject to hydrolysis) is 1. The van der Waals surface area contributed by atoms with Crippen molar-refractivity contribution in [2.75, 3.05) is 13.2 Å². The third kappa shape index (κ3) is 10.3. The summed E-state index contributed by atoms with van der Waals surface area (Å²) in [5.41, 5.74) is -1.95. The second-order valence-electron chi connectivity index (χ2n) is 11.3. The molecule has 1 saturated carbocycles. The van der Waals surface area contributed by atoms with Gasteiger partial charge in [-0.1, -0.05) is 76.3 Å². The van der Waals surface area contributed by atoms with E-state index in [4.69, 9.17) is 4.74 Å². The molecule has 0 radical (unpaired) electrons. The van der Waals surface area contributed by atoms with Crippen LogP contribution in [0.2, 0.25) is 0 Å². The predicted octanol–water partition coefficient (Wildman–Crippen LogP) is -1.09. The SMILES string of the molecule is CC(C)(COC(=O)N[C@@H](CC1CCCCC1)C(=O)N[C@@H](C[C@@H]1CCNC1=O)C(O)S(=O)(=O)[O-])c1ccccc1.[Na+]. The van der Waals surface area contributed by atoms with Gasteiger partial charge >= 0.3 is 35.7 Å². The first kappa shape index (κ1) is 34.5. The van der Waals surface area contributed by atoms with E-state index < -0.39 is 51.0 Å². The number of amides is 3.